The standard InChI is InChI=1S/C15H25N3O2/c1-4-20-11-10-18(3)9-8-15(19)17-14-7-5-6-13(16)12(14)2/h5-7H,4,8-11,16H2,1-3H3,(H,17,19). The molecule has 0 bridgehead atoms. The zero-order valence-electron chi connectivity index (χ0n) is 12.6. The third kappa shape index (κ3) is 5.59. The van der Waals surface area contributed by atoms with E-state index < -0.39 is 0 Å². The summed E-state index contributed by atoms with van der Waals surface area (Å²) in [6, 6.07) is 5.53. The fraction of sp³-hybridized carbons (Fsp3) is 0.533. The van der Waals surface area contributed by atoms with Gasteiger partial charge in [-0.2, -0.15) is 0 Å². The number of carbonyl (C=O) groups excluding carboxylic acids is 1. The molecule has 1 aromatic rings. The van der Waals surface area contributed by atoms with Gasteiger partial charge < -0.3 is 20.7 Å². The highest BCUT2D eigenvalue weighted by Gasteiger charge is 2.07. The van der Waals surface area contributed by atoms with E-state index in [-0.39, 0.29) is 5.91 Å². The van der Waals surface area contributed by atoms with Crippen molar-refractivity contribution in [2.75, 3.05) is 44.4 Å². The molecule has 0 heterocycles. The Bertz CT molecular complexity index is 435. The Kier molecular flexibility index (Phi) is 7.04. The van der Waals surface area contributed by atoms with E-state index in [1.54, 1.807) is 0 Å². The fourth-order valence-corrected chi connectivity index (χ4v) is 1.77. The molecule has 5 nitrogen and oxygen atoms in total. The van der Waals surface area contributed by atoms with E-state index in [0.29, 0.717) is 25.3 Å². The lowest BCUT2D eigenvalue weighted by Gasteiger charge is -2.16. The molecule has 20 heavy (non-hydrogen) atoms. The number of anilines is 2. The number of nitrogens with one attached hydrogen (secondary N) is 1. The molecule has 3 N–H and O–H groups in total. The van der Waals surface area contributed by atoms with Gasteiger partial charge in [-0.3, -0.25) is 4.79 Å². The first-order valence-electron chi connectivity index (χ1n) is 6.95. The van der Waals surface area contributed by atoms with Crippen LogP contribution in [0.5, 0.6) is 0 Å². The van der Waals surface area contributed by atoms with E-state index in [4.69, 9.17) is 10.5 Å². The molecule has 0 atom stereocenters. The van der Waals surface area contributed by atoms with Gasteiger partial charge in [-0.05, 0) is 38.6 Å². The first-order chi connectivity index (χ1) is 9.54. The van der Waals surface area contributed by atoms with Crippen LogP contribution < -0.4 is 11.1 Å². The van der Waals surface area contributed by atoms with Crippen molar-refractivity contribution >= 4 is 17.3 Å². The number of nitrogens with two attached hydrogens (primary N) is 1. The fourth-order valence-electron chi connectivity index (χ4n) is 1.77. The number of benzene rings is 1. The van der Waals surface area contributed by atoms with Crippen LogP contribution in [0.4, 0.5) is 11.4 Å². The van der Waals surface area contributed by atoms with E-state index in [1.165, 1.54) is 0 Å². The summed E-state index contributed by atoms with van der Waals surface area (Å²) in [5.41, 5.74) is 8.20. The topological polar surface area (TPSA) is 67.6 Å². The molecule has 0 spiro atoms. The van der Waals surface area contributed by atoms with Gasteiger partial charge >= 0.3 is 0 Å². The van der Waals surface area contributed by atoms with Crippen LogP contribution in [0.25, 0.3) is 0 Å². The maximum Gasteiger partial charge on any atom is 0.225 e. The van der Waals surface area contributed by atoms with Crippen LogP contribution in [-0.2, 0) is 9.53 Å². The van der Waals surface area contributed by atoms with Crippen molar-refractivity contribution in [1.82, 2.24) is 4.90 Å². The Hall–Kier alpha value is -1.59. The highest BCUT2D eigenvalue weighted by molar-refractivity contribution is 5.92. The summed E-state index contributed by atoms with van der Waals surface area (Å²) in [6.45, 7) is 6.84. The van der Waals surface area contributed by atoms with E-state index in [0.717, 1.165) is 24.4 Å². The molecule has 0 aliphatic rings. The van der Waals surface area contributed by atoms with Gasteiger partial charge in [0.15, 0.2) is 0 Å². The second-order valence-electron chi connectivity index (χ2n) is 4.82. The highest BCUT2D eigenvalue weighted by atomic mass is 16.5. The van der Waals surface area contributed by atoms with Crippen molar-refractivity contribution < 1.29 is 9.53 Å². The third-order valence-corrected chi connectivity index (χ3v) is 3.19. The lowest BCUT2D eigenvalue weighted by molar-refractivity contribution is -0.116. The smallest absolute Gasteiger partial charge is 0.225 e. The Balaban J connectivity index is 2.35. The summed E-state index contributed by atoms with van der Waals surface area (Å²) in [4.78, 5) is 14.0. The molecule has 1 aromatic carbocycles. The van der Waals surface area contributed by atoms with Gasteiger partial charge in [-0.25, -0.2) is 0 Å². The van der Waals surface area contributed by atoms with Crippen LogP contribution in [0, 0.1) is 6.92 Å². The van der Waals surface area contributed by atoms with Gasteiger partial charge in [0, 0.05) is 37.5 Å². The number of carbonyl (C=O) groups is 1. The molecule has 1 amide bonds. The number of nitrogens with zero attached hydrogens (tertiary/aromatic N) is 1. The maximum atomic E-state index is 11.9. The van der Waals surface area contributed by atoms with Gasteiger partial charge in [-0.15, -0.1) is 0 Å². The monoisotopic (exact) mass is 279 g/mol. The quantitative estimate of drug-likeness (QED) is 0.563. The number of hydrogen-bond donors (Lipinski definition) is 2. The summed E-state index contributed by atoms with van der Waals surface area (Å²) in [5, 5.41) is 2.90. The van der Waals surface area contributed by atoms with Gasteiger partial charge in [-0.1, -0.05) is 6.07 Å². The van der Waals surface area contributed by atoms with Gasteiger partial charge in [0.2, 0.25) is 5.91 Å². The average Bonchev–Trinajstić information content (AvgIpc) is 2.42. The molecular formula is C15H25N3O2. The van der Waals surface area contributed by atoms with Gasteiger partial charge in [0.1, 0.15) is 0 Å². The van der Waals surface area contributed by atoms with Crippen molar-refractivity contribution in [1.29, 1.82) is 0 Å². The predicted molar refractivity (Wildman–Crippen MR) is 82.8 cm³/mol. The lowest BCUT2D eigenvalue weighted by atomic mass is 10.1. The SMILES string of the molecule is CCOCCN(C)CCC(=O)Nc1cccc(N)c1C. The summed E-state index contributed by atoms with van der Waals surface area (Å²) in [5.74, 6) is 0.00181. The molecule has 0 fully saturated rings. The normalized spacial score (nSPS) is 10.8. The van der Waals surface area contributed by atoms with Crippen molar-refractivity contribution in [3.63, 3.8) is 0 Å². The van der Waals surface area contributed by atoms with Gasteiger partial charge in [0.25, 0.3) is 0 Å². The number of hydrogen-bond acceptors (Lipinski definition) is 4. The Labute approximate surface area is 121 Å². The molecule has 0 unspecified atom stereocenters. The maximum absolute atomic E-state index is 11.9. The van der Waals surface area contributed by atoms with E-state index in [2.05, 4.69) is 10.2 Å². The summed E-state index contributed by atoms with van der Waals surface area (Å²) < 4.78 is 5.28. The predicted octanol–water partition coefficient (Wildman–Crippen LogP) is 1.87. The van der Waals surface area contributed by atoms with Crippen molar-refractivity contribution in [2.24, 2.45) is 0 Å². The van der Waals surface area contributed by atoms with Crippen molar-refractivity contribution in [3.8, 4) is 0 Å². The minimum atomic E-state index is 0.00181. The van der Waals surface area contributed by atoms with E-state index in [9.17, 15) is 4.79 Å². The first kappa shape index (κ1) is 16.5. The minimum absolute atomic E-state index is 0.00181. The lowest BCUT2D eigenvalue weighted by Crippen LogP contribution is -2.27. The molecule has 0 radical (unpaired) electrons. The summed E-state index contributed by atoms with van der Waals surface area (Å²) in [7, 11) is 1.98. The van der Waals surface area contributed by atoms with Crippen molar-refractivity contribution in [2.45, 2.75) is 20.3 Å². The van der Waals surface area contributed by atoms with Crippen LogP contribution in [0.2, 0.25) is 0 Å². The molecule has 5 heteroatoms. The second-order valence-corrected chi connectivity index (χ2v) is 4.82. The molecule has 0 saturated heterocycles. The number of likely N-dealkylation sites (N-methyl/N-ethyl adjacent to an activating group) is 1. The molecular weight excluding hydrogens is 254 g/mol. The number of rotatable bonds is 8. The molecule has 0 aliphatic carbocycles. The number of amides is 1. The Morgan fingerprint density at radius 1 is 1.40 bits per heavy atom. The number of ether oxygens (including phenoxy) is 1. The highest BCUT2D eigenvalue weighted by Crippen LogP contribution is 2.20. The zero-order chi connectivity index (χ0) is 15.0. The number of nitrogen functional groups attached to an aromatic ring is 1. The largest absolute Gasteiger partial charge is 0.398 e. The van der Waals surface area contributed by atoms with Gasteiger partial charge in [0.05, 0.1) is 6.61 Å². The van der Waals surface area contributed by atoms with E-state index >= 15 is 0 Å². The van der Waals surface area contributed by atoms with Crippen molar-refractivity contribution in [3.05, 3.63) is 23.8 Å². The molecule has 112 valence electrons. The summed E-state index contributed by atoms with van der Waals surface area (Å²) >= 11 is 0. The zero-order valence-corrected chi connectivity index (χ0v) is 12.6. The van der Waals surface area contributed by atoms with Crippen LogP contribution in [0.3, 0.4) is 0 Å². The van der Waals surface area contributed by atoms with Crippen LogP contribution >= 0.6 is 0 Å². The van der Waals surface area contributed by atoms with E-state index in [1.807, 2.05) is 39.1 Å². The Morgan fingerprint density at radius 3 is 2.85 bits per heavy atom. The van der Waals surface area contributed by atoms with Crippen LogP contribution in [0.1, 0.15) is 18.9 Å². The average molecular weight is 279 g/mol. The molecule has 0 aliphatic heterocycles. The minimum Gasteiger partial charge on any atom is -0.398 e. The second kappa shape index (κ2) is 8.55. The molecule has 0 aromatic heterocycles. The molecule has 1 rings (SSSR count). The molecule has 0 saturated carbocycles. The third-order valence-electron chi connectivity index (χ3n) is 3.19. The van der Waals surface area contributed by atoms with Crippen LogP contribution in [0.15, 0.2) is 18.2 Å². The first-order valence-corrected chi connectivity index (χ1v) is 6.95. The van der Waals surface area contributed by atoms with Crippen LogP contribution in [-0.4, -0.2) is 44.2 Å². The Morgan fingerprint density at radius 2 is 2.15 bits per heavy atom. The summed E-state index contributed by atoms with van der Waals surface area (Å²) in [6.07, 6.45) is 0.455.